The lowest BCUT2D eigenvalue weighted by molar-refractivity contribution is 0.879. The molecule has 0 saturated heterocycles. The first-order chi connectivity index (χ1) is 5.83. The molecular formula is C11H15N. The van der Waals surface area contributed by atoms with Crippen LogP contribution in [0.15, 0.2) is 48.2 Å². The first-order valence-corrected chi connectivity index (χ1v) is 4.25. The number of dihydropyridines is 1. The summed E-state index contributed by atoms with van der Waals surface area (Å²) in [4.78, 5) is 0. The van der Waals surface area contributed by atoms with Crippen LogP contribution in [0.2, 0.25) is 0 Å². The smallest absolute Gasteiger partial charge is 0.0412 e. The fourth-order valence-corrected chi connectivity index (χ4v) is 1.42. The maximum Gasteiger partial charge on any atom is 0.0412 e. The average molecular weight is 161 g/mol. The Labute approximate surface area is 74.2 Å². The van der Waals surface area contributed by atoms with Crippen LogP contribution in [-0.4, -0.2) is 6.54 Å². The second-order valence-electron chi connectivity index (χ2n) is 2.70. The first-order valence-electron chi connectivity index (χ1n) is 4.25. The Balaban J connectivity index is 3.04. The van der Waals surface area contributed by atoms with Crippen molar-refractivity contribution < 1.29 is 0 Å². The van der Waals surface area contributed by atoms with E-state index in [0.29, 0.717) is 0 Å². The largest absolute Gasteiger partial charge is 0.381 e. The van der Waals surface area contributed by atoms with Crippen molar-refractivity contribution in [1.82, 2.24) is 5.32 Å². The number of hydrogen-bond donors (Lipinski definition) is 1. The second-order valence-corrected chi connectivity index (χ2v) is 2.70. The van der Waals surface area contributed by atoms with Crippen LogP contribution >= 0.6 is 0 Å². The molecule has 64 valence electrons. The SMILES string of the molecule is C=CC1=C(C=C)C(CC)=CCN1. The molecule has 0 aromatic carbocycles. The summed E-state index contributed by atoms with van der Waals surface area (Å²) >= 11 is 0. The van der Waals surface area contributed by atoms with E-state index < -0.39 is 0 Å². The lowest BCUT2D eigenvalue weighted by Crippen LogP contribution is -2.18. The molecule has 1 N–H and O–H groups in total. The van der Waals surface area contributed by atoms with Gasteiger partial charge < -0.3 is 5.32 Å². The van der Waals surface area contributed by atoms with Gasteiger partial charge in [-0.2, -0.15) is 0 Å². The summed E-state index contributed by atoms with van der Waals surface area (Å²) < 4.78 is 0. The highest BCUT2D eigenvalue weighted by molar-refractivity contribution is 5.47. The molecule has 0 fully saturated rings. The Hall–Kier alpha value is -1.24. The number of hydrogen-bond acceptors (Lipinski definition) is 1. The zero-order chi connectivity index (χ0) is 8.97. The molecule has 1 heteroatoms. The maximum absolute atomic E-state index is 3.79. The lowest BCUT2D eigenvalue weighted by atomic mass is 9.98. The topological polar surface area (TPSA) is 12.0 Å². The minimum atomic E-state index is 0.905. The van der Waals surface area contributed by atoms with Crippen molar-refractivity contribution in [1.29, 1.82) is 0 Å². The van der Waals surface area contributed by atoms with E-state index in [1.165, 1.54) is 11.1 Å². The van der Waals surface area contributed by atoms with E-state index in [9.17, 15) is 0 Å². The van der Waals surface area contributed by atoms with Crippen molar-refractivity contribution in [2.45, 2.75) is 13.3 Å². The van der Waals surface area contributed by atoms with Crippen LogP contribution < -0.4 is 5.32 Å². The highest BCUT2D eigenvalue weighted by Crippen LogP contribution is 2.21. The van der Waals surface area contributed by atoms with Gasteiger partial charge >= 0.3 is 0 Å². The summed E-state index contributed by atoms with van der Waals surface area (Å²) in [6.07, 6.45) is 6.99. The second kappa shape index (κ2) is 3.96. The lowest BCUT2D eigenvalue weighted by Gasteiger charge is -2.18. The van der Waals surface area contributed by atoms with E-state index in [2.05, 4.69) is 31.5 Å². The predicted octanol–water partition coefficient (Wildman–Crippen LogP) is 2.55. The fraction of sp³-hybridized carbons (Fsp3) is 0.273. The Bertz CT molecular complexity index is 256. The van der Waals surface area contributed by atoms with E-state index in [-0.39, 0.29) is 0 Å². The third-order valence-electron chi connectivity index (χ3n) is 2.07. The van der Waals surface area contributed by atoms with Gasteiger partial charge in [-0.15, -0.1) is 0 Å². The zero-order valence-corrected chi connectivity index (χ0v) is 7.56. The Morgan fingerprint density at radius 3 is 2.75 bits per heavy atom. The van der Waals surface area contributed by atoms with Gasteiger partial charge in [0.1, 0.15) is 0 Å². The van der Waals surface area contributed by atoms with Crippen LogP contribution in [0.4, 0.5) is 0 Å². The molecule has 1 rings (SSSR count). The van der Waals surface area contributed by atoms with Gasteiger partial charge in [0, 0.05) is 12.2 Å². The van der Waals surface area contributed by atoms with Crippen LogP contribution in [-0.2, 0) is 0 Å². The molecule has 0 radical (unpaired) electrons. The third kappa shape index (κ3) is 1.50. The highest BCUT2D eigenvalue weighted by atomic mass is 14.9. The molecule has 0 spiro atoms. The summed E-state index contributed by atoms with van der Waals surface area (Å²) in [7, 11) is 0. The molecule has 0 amide bonds. The van der Waals surface area contributed by atoms with Gasteiger partial charge in [-0.25, -0.2) is 0 Å². The van der Waals surface area contributed by atoms with Gasteiger partial charge in [0.2, 0.25) is 0 Å². The quantitative estimate of drug-likeness (QED) is 0.670. The monoisotopic (exact) mass is 161 g/mol. The highest BCUT2D eigenvalue weighted by Gasteiger charge is 2.08. The van der Waals surface area contributed by atoms with Crippen molar-refractivity contribution in [2.24, 2.45) is 0 Å². The maximum atomic E-state index is 3.79. The van der Waals surface area contributed by atoms with Gasteiger partial charge in [0.15, 0.2) is 0 Å². The molecule has 1 nitrogen and oxygen atoms in total. The standard InChI is InChI=1S/C11H15N/c1-4-9-7-8-12-11(6-3)10(9)5-2/h5-7,12H,2-4,8H2,1H3. The number of nitrogens with one attached hydrogen (secondary N) is 1. The molecule has 0 aromatic rings. The number of rotatable bonds is 3. The van der Waals surface area contributed by atoms with Crippen molar-refractivity contribution in [3.63, 3.8) is 0 Å². The Morgan fingerprint density at radius 2 is 2.25 bits per heavy atom. The van der Waals surface area contributed by atoms with Gasteiger partial charge in [-0.05, 0) is 23.6 Å². The molecule has 0 saturated carbocycles. The minimum absolute atomic E-state index is 0.905. The summed E-state index contributed by atoms with van der Waals surface area (Å²) in [6.45, 7) is 10.6. The molecule has 0 aliphatic carbocycles. The summed E-state index contributed by atoms with van der Waals surface area (Å²) in [5.41, 5.74) is 3.65. The molecule has 1 heterocycles. The van der Waals surface area contributed by atoms with E-state index in [1.807, 2.05) is 12.2 Å². The van der Waals surface area contributed by atoms with Crippen LogP contribution in [0.5, 0.6) is 0 Å². The van der Waals surface area contributed by atoms with Crippen molar-refractivity contribution in [3.8, 4) is 0 Å². The Morgan fingerprint density at radius 1 is 1.50 bits per heavy atom. The average Bonchev–Trinajstić information content (AvgIpc) is 2.16. The molecular weight excluding hydrogens is 146 g/mol. The summed E-state index contributed by atoms with van der Waals surface area (Å²) in [6, 6.07) is 0. The van der Waals surface area contributed by atoms with E-state index in [0.717, 1.165) is 18.7 Å². The van der Waals surface area contributed by atoms with E-state index >= 15 is 0 Å². The predicted molar refractivity (Wildman–Crippen MR) is 53.8 cm³/mol. The molecule has 0 unspecified atom stereocenters. The summed E-state index contributed by atoms with van der Waals surface area (Å²) in [5.74, 6) is 0. The first kappa shape index (κ1) is 8.85. The molecule has 1 aliphatic heterocycles. The van der Waals surface area contributed by atoms with Crippen molar-refractivity contribution >= 4 is 0 Å². The molecule has 0 aromatic heterocycles. The van der Waals surface area contributed by atoms with Gasteiger partial charge in [-0.1, -0.05) is 32.2 Å². The molecule has 12 heavy (non-hydrogen) atoms. The minimum Gasteiger partial charge on any atom is -0.381 e. The molecule has 0 bridgehead atoms. The Kier molecular flexibility index (Phi) is 2.92. The van der Waals surface area contributed by atoms with Crippen molar-refractivity contribution in [3.05, 3.63) is 48.2 Å². The van der Waals surface area contributed by atoms with Crippen molar-refractivity contribution in [2.75, 3.05) is 6.54 Å². The number of allylic oxidation sites excluding steroid dienone is 4. The van der Waals surface area contributed by atoms with Crippen LogP contribution in [0.25, 0.3) is 0 Å². The van der Waals surface area contributed by atoms with Gasteiger partial charge in [0.25, 0.3) is 0 Å². The molecule has 1 aliphatic rings. The normalized spacial score (nSPS) is 16.6. The zero-order valence-electron chi connectivity index (χ0n) is 7.56. The summed E-state index contributed by atoms with van der Waals surface area (Å²) in [5, 5.41) is 3.25. The van der Waals surface area contributed by atoms with Crippen LogP contribution in [0, 0.1) is 0 Å². The van der Waals surface area contributed by atoms with Gasteiger partial charge in [-0.3, -0.25) is 0 Å². The van der Waals surface area contributed by atoms with E-state index in [1.54, 1.807) is 0 Å². The fourth-order valence-electron chi connectivity index (χ4n) is 1.42. The van der Waals surface area contributed by atoms with E-state index in [4.69, 9.17) is 0 Å². The van der Waals surface area contributed by atoms with Crippen LogP contribution in [0.3, 0.4) is 0 Å². The molecule has 0 atom stereocenters. The van der Waals surface area contributed by atoms with Gasteiger partial charge in [0.05, 0.1) is 0 Å². The van der Waals surface area contributed by atoms with Crippen LogP contribution in [0.1, 0.15) is 13.3 Å². The third-order valence-corrected chi connectivity index (χ3v) is 2.07.